The predicted molar refractivity (Wildman–Crippen MR) is 74.3 cm³/mol. The molecule has 0 aliphatic heterocycles. The van der Waals surface area contributed by atoms with Gasteiger partial charge in [-0.05, 0) is 30.7 Å². The lowest BCUT2D eigenvalue weighted by Gasteiger charge is -2.17. The first-order chi connectivity index (χ1) is 8.38. The van der Waals surface area contributed by atoms with E-state index in [0.717, 1.165) is 18.8 Å². The Bertz CT molecular complexity index is 268. The molecule has 17 heavy (non-hydrogen) atoms. The largest absolute Gasteiger partial charge is 0.396 e. The molecule has 1 aromatic rings. The zero-order valence-corrected chi connectivity index (χ0v) is 11.1. The first kappa shape index (κ1) is 14.2. The van der Waals surface area contributed by atoms with Gasteiger partial charge in [0.1, 0.15) is 0 Å². The maximum Gasteiger partial charge on any atom is 0.0431 e. The molecule has 1 aromatic carbocycles. The van der Waals surface area contributed by atoms with E-state index in [1.807, 2.05) is 0 Å². The van der Waals surface area contributed by atoms with Crippen molar-refractivity contribution in [2.75, 3.05) is 6.61 Å². The van der Waals surface area contributed by atoms with Crippen molar-refractivity contribution in [2.24, 2.45) is 0 Å². The Kier molecular flexibility index (Phi) is 7.74. The van der Waals surface area contributed by atoms with Crippen LogP contribution in [0.3, 0.4) is 0 Å². The van der Waals surface area contributed by atoms with E-state index in [-0.39, 0.29) is 0 Å². The summed E-state index contributed by atoms with van der Waals surface area (Å²) in [5, 5.41) is 8.79. The molecule has 0 amide bonds. The fourth-order valence-corrected chi connectivity index (χ4v) is 2.33. The third-order valence-corrected chi connectivity index (χ3v) is 3.39. The summed E-state index contributed by atoms with van der Waals surface area (Å²) in [6, 6.07) is 10.9. The van der Waals surface area contributed by atoms with E-state index in [4.69, 9.17) is 5.11 Å². The lowest BCUT2D eigenvalue weighted by molar-refractivity contribution is 0.281. The molecule has 0 heterocycles. The molecule has 0 spiro atoms. The minimum Gasteiger partial charge on any atom is -0.396 e. The predicted octanol–water partition coefficient (Wildman–Crippen LogP) is 4.51. The average Bonchev–Trinajstić information content (AvgIpc) is 2.39. The van der Waals surface area contributed by atoms with Crippen molar-refractivity contribution < 1.29 is 5.11 Å². The van der Waals surface area contributed by atoms with Crippen LogP contribution in [0.1, 0.15) is 63.4 Å². The molecule has 0 fully saturated rings. The summed E-state index contributed by atoms with van der Waals surface area (Å²) in [6.45, 7) is 2.60. The van der Waals surface area contributed by atoms with Gasteiger partial charge < -0.3 is 5.11 Å². The molecule has 0 saturated heterocycles. The van der Waals surface area contributed by atoms with Gasteiger partial charge in [-0.2, -0.15) is 0 Å². The average molecular weight is 234 g/mol. The van der Waals surface area contributed by atoms with Gasteiger partial charge in [-0.1, -0.05) is 62.9 Å². The van der Waals surface area contributed by atoms with Crippen LogP contribution in [-0.4, -0.2) is 11.7 Å². The summed E-state index contributed by atoms with van der Waals surface area (Å²) < 4.78 is 0. The van der Waals surface area contributed by atoms with E-state index >= 15 is 0 Å². The molecule has 0 aliphatic rings. The number of aliphatic hydroxyl groups excluding tert-OH is 1. The maximum absolute atomic E-state index is 8.79. The SMILES string of the molecule is CCCCC(CCCCCO)c1ccccc1. The zero-order chi connectivity index (χ0) is 12.3. The van der Waals surface area contributed by atoms with Gasteiger partial charge in [-0.15, -0.1) is 0 Å². The highest BCUT2D eigenvalue weighted by molar-refractivity contribution is 5.19. The smallest absolute Gasteiger partial charge is 0.0431 e. The minimum atomic E-state index is 0.338. The second kappa shape index (κ2) is 9.23. The molecule has 1 rings (SSSR count). The molecule has 1 heteroatoms. The van der Waals surface area contributed by atoms with Crippen molar-refractivity contribution in [1.82, 2.24) is 0 Å². The third-order valence-electron chi connectivity index (χ3n) is 3.39. The van der Waals surface area contributed by atoms with Crippen LogP contribution >= 0.6 is 0 Å². The first-order valence-corrected chi connectivity index (χ1v) is 7.04. The molecule has 1 nitrogen and oxygen atoms in total. The van der Waals surface area contributed by atoms with E-state index < -0.39 is 0 Å². The molecule has 96 valence electrons. The van der Waals surface area contributed by atoms with Crippen LogP contribution in [0.25, 0.3) is 0 Å². The quantitative estimate of drug-likeness (QED) is 0.623. The third kappa shape index (κ3) is 5.88. The van der Waals surface area contributed by atoms with E-state index in [1.54, 1.807) is 0 Å². The van der Waals surface area contributed by atoms with Crippen molar-refractivity contribution in [2.45, 2.75) is 57.8 Å². The highest BCUT2D eigenvalue weighted by atomic mass is 16.2. The van der Waals surface area contributed by atoms with Gasteiger partial charge in [-0.25, -0.2) is 0 Å². The zero-order valence-electron chi connectivity index (χ0n) is 11.1. The molecule has 1 atom stereocenters. The van der Waals surface area contributed by atoms with Gasteiger partial charge in [0, 0.05) is 6.61 Å². The van der Waals surface area contributed by atoms with Crippen molar-refractivity contribution in [3.63, 3.8) is 0 Å². The number of unbranched alkanes of at least 4 members (excludes halogenated alkanes) is 3. The molecule has 0 aliphatic carbocycles. The van der Waals surface area contributed by atoms with Crippen molar-refractivity contribution in [1.29, 1.82) is 0 Å². The summed E-state index contributed by atoms with van der Waals surface area (Å²) in [6.07, 6.45) is 8.52. The molecule has 0 radical (unpaired) electrons. The topological polar surface area (TPSA) is 20.2 Å². The van der Waals surface area contributed by atoms with Gasteiger partial charge in [0.2, 0.25) is 0 Å². The van der Waals surface area contributed by atoms with Crippen molar-refractivity contribution in [3.8, 4) is 0 Å². The molecule has 1 N–H and O–H groups in total. The number of benzene rings is 1. The Morgan fingerprint density at radius 3 is 2.29 bits per heavy atom. The van der Waals surface area contributed by atoms with Gasteiger partial charge in [0.05, 0.1) is 0 Å². The molecule has 0 bridgehead atoms. The van der Waals surface area contributed by atoms with Crippen LogP contribution in [0, 0.1) is 0 Å². The summed E-state index contributed by atoms with van der Waals surface area (Å²) in [4.78, 5) is 0. The Morgan fingerprint density at radius 1 is 0.941 bits per heavy atom. The van der Waals surface area contributed by atoms with Crippen LogP contribution in [0.15, 0.2) is 30.3 Å². The van der Waals surface area contributed by atoms with Crippen LogP contribution < -0.4 is 0 Å². The van der Waals surface area contributed by atoms with Crippen LogP contribution in [0.5, 0.6) is 0 Å². The van der Waals surface area contributed by atoms with Gasteiger partial charge in [0.25, 0.3) is 0 Å². The Morgan fingerprint density at radius 2 is 1.65 bits per heavy atom. The molecular formula is C16H26O. The van der Waals surface area contributed by atoms with Crippen molar-refractivity contribution >= 4 is 0 Å². The fourth-order valence-electron chi connectivity index (χ4n) is 2.33. The Hall–Kier alpha value is -0.820. The summed E-state index contributed by atoms with van der Waals surface area (Å²) >= 11 is 0. The number of hydrogen-bond acceptors (Lipinski definition) is 1. The molecule has 0 saturated carbocycles. The highest BCUT2D eigenvalue weighted by Crippen LogP contribution is 2.27. The second-order valence-corrected chi connectivity index (χ2v) is 4.82. The van der Waals surface area contributed by atoms with Gasteiger partial charge in [0.15, 0.2) is 0 Å². The van der Waals surface area contributed by atoms with Gasteiger partial charge in [-0.3, -0.25) is 0 Å². The minimum absolute atomic E-state index is 0.338. The number of rotatable bonds is 9. The Labute approximate surface area is 106 Å². The summed E-state index contributed by atoms with van der Waals surface area (Å²) in [7, 11) is 0. The summed E-state index contributed by atoms with van der Waals surface area (Å²) in [5.41, 5.74) is 1.49. The second-order valence-electron chi connectivity index (χ2n) is 4.82. The first-order valence-electron chi connectivity index (χ1n) is 7.04. The van der Waals surface area contributed by atoms with E-state index in [9.17, 15) is 0 Å². The molecular weight excluding hydrogens is 208 g/mol. The lowest BCUT2D eigenvalue weighted by atomic mass is 9.89. The number of hydrogen-bond donors (Lipinski definition) is 1. The standard InChI is InChI=1S/C16H26O/c1-2-3-10-15(13-8-5-9-14-17)16-11-6-4-7-12-16/h4,6-7,11-12,15,17H,2-3,5,8-10,13-14H2,1H3. The van der Waals surface area contributed by atoms with Gasteiger partial charge >= 0.3 is 0 Å². The van der Waals surface area contributed by atoms with Crippen LogP contribution in [-0.2, 0) is 0 Å². The van der Waals surface area contributed by atoms with Crippen LogP contribution in [0.2, 0.25) is 0 Å². The highest BCUT2D eigenvalue weighted by Gasteiger charge is 2.10. The fraction of sp³-hybridized carbons (Fsp3) is 0.625. The maximum atomic E-state index is 8.79. The van der Waals surface area contributed by atoms with E-state index in [2.05, 4.69) is 37.3 Å². The van der Waals surface area contributed by atoms with E-state index in [1.165, 1.54) is 37.7 Å². The molecule has 1 unspecified atom stereocenters. The van der Waals surface area contributed by atoms with Crippen molar-refractivity contribution in [3.05, 3.63) is 35.9 Å². The number of aliphatic hydroxyl groups is 1. The lowest BCUT2D eigenvalue weighted by Crippen LogP contribution is -1.99. The van der Waals surface area contributed by atoms with Crippen LogP contribution in [0.4, 0.5) is 0 Å². The Balaban J connectivity index is 2.43. The van der Waals surface area contributed by atoms with E-state index in [0.29, 0.717) is 6.61 Å². The monoisotopic (exact) mass is 234 g/mol. The normalized spacial score (nSPS) is 12.6. The summed E-state index contributed by atoms with van der Waals surface area (Å²) in [5.74, 6) is 0.717. The molecule has 0 aromatic heterocycles.